The van der Waals surface area contributed by atoms with Crippen LogP contribution in [0.1, 0.15) is 55.9 Å². The van der Waals surface area contributed by atoms with E-state index in [1.54, 1.807) is 31.9 Å². The number of benzene rings is 2. The van der Waals surface area contributed by atoms with Crippen molar-refractivity contribution in [2.45, 2.75) is 69.8 Å². The number of aliphatic hydroxyl groups is 1. The van der Waals surface area contributed by atoms with Crippen LogP contribution in [0.3, 0.4) is 0 Å². The highest BCUT2D eigenvalue weighted by atomic mass is 32.2. The number of nitrogens with two attached hydrogens (primary N) is 1. The number of nitrogens with zero attached hydrogens (tertiary/aromatic N) is 2. The smallest absolute Gasteiger partial charge is 0.354 e. The lowest BCUT2D eigenvalue weighted by atomic mass is 9.99. The maximum absolute atomic E-state index is 13.8. The van der Waals surface area contributed by atoms with Crippen LogP contribution >= 0.6 is 0 Å². The molecule has 2 unspecified atom stereocenters. The Labute approximate surface area is 206 Å². The van der Waals surface area contributed by atoms with Crippen molar-refractivity contribution in [2.75, 3.05) is 10.3 Å². The van der Waals surface area contributed by atoms with Gasteiger partial charge in [0.05, 0.1) is 11.4 Å². The lowest BCUT2D eigenvalue weighted by Gasteiger charge is -2.32. The summed E-state index contributed by atoms with van der Waals surface area (Å²) in [5.74, 6) is 0. The second-order valence-electron chi connectivity index (χ2n) is 10.3. The zero-order valence-corrected chi connectivity index (χ0v) is 21.2. The molecule has 8 nitrogen and oxygen atoms in total. The van der Waals surface area contributed by atoms with E-state index in [1.807, 2.05) is 30.3 Å². The van der Waals surface area contributed by atoms with Crippen LogP contribution in [0.2, 0.25) is 0 Å². The summed E-state index contributed by atoms with van der Waals surface area (Å²) >= 11 is 0. The highest BCUT2D eigenvalue weighted by molar-refractivity contribution is 7.93. The van der Waals surface area contributed by atoms with Crippen molar-refractivity contribution >= 4 is 27.3 Å². The molecule has 5 N–H and O–H groups in total. The maximum Gasteiger partial charge on any atom is 0.354 e. The first-order valence-electron chi connectivity index (χ1n) is 12.1. The van der Waals surface area contributed by atoms with Crippen LogP contribution in [0.4, 0.5) is 16.2 Å². The summed E-state index contributed by atoms with van der Waals surface area (Å²) in [4.78, 5) is 11.7. The van der Waals surface area contributed by atoms with Gasteiger partial charge in [-0.2, -0.15) is 0 Å². The highest BCUT2D eigenvalue weighted by Gasteiger charge is 2.45. The Balaban J connectivity index is 1.48. The van der Waals surface area contributed by atoms with Crippen molar-refractivity contribution in [1.82, 2.24) is 5.43 Å². The number of aryl methyl sites for hydroxylation is 2. The molecule has 2 aromatic carbocycles. The van der Waals surface area contributed by atoms with Crippen molar-refractivity contribution in [3.63, 3.8) is 0 Å². The van der Waals surface area contributed by atoms with E-state index in [4.69, 9.17) is 5.14 Å². The molecule has 0 radical (unpaired) electrons. The number of carbonyl (C=O) groups excluding carboxylic acids is 1. The largest absolute Gasteiger partial charge is 0.384 e. The van der Waals surface area contributed by atoms with E-state index < -0.39 is 26.4 Å². The van der Waals surface area contributed by atoms with Crippen molar-refractivity contribution in [3.05, 3.63) is 70.4 Å². The monoisotopic (exact) mass is 495 g/mol. The Morgan fingerprint density at radius 1 is 1.14 bits per heavy atom. The molecule has 35 heavy (non-hydrogen) atoms. The van der Waals surface area contributed by atoms with Crippen molar-refractivity contribution in [1.29, 1.82) is 0 Å². The average molecular weight is 496 g/mol. The van der Waals surface area contributed by atoms with Crippen molar-refractivity contribution in [3.8, 4) is 0 Å². The van der Waals surface area contributed by atoms with Gasteiger partial charge in [-0.05, 0) is 99.8 Å². The average Bonchev–Trinajstić information content (AvgIpc) is 3.52. The molecular formula is C26H33N5O3S. The third-order valence-electron chi connectivity index (χ3n) is 7.16. The Bertz CT molecular complexity index is 1310. The molecule has 2 aliphatic carbocycles. The minimum atomic E-state index is -3.62. The number of carbonyl (C=O) groups is 1. The predicted molar refractivity (Wildman–Crippen MR) is 139 cm³/mol. The fraction of sp³-hybridized carbons (Fsp3) is 0.423. The number of anilines is 2. The number of rotatable bonds is 4. The molecule has 2 atom stereocenters. The van der Waals surface area contributed by atoms with E-state index in [0.717, 1.165) is 49.9 Å². The summed E-state index contributed by atoms with van der Waals surface area (Å²) < 4.78 is 17.8. The third kappa shape index (κ3) is 4.27. The van der Waals surface area contributed by atoms with Gasteiger partial charge in [-0.3, -0.25) is 5.01 Å². The van der Waals surface area contributed by atoms with E-state index in [-0.39, 0.29) is 0 Å². The summed E-state index contributed by atoms with van der Waals surface area (Å²) in [6, 6.07) is 10.9. The minimum absolute atomic E-state index is 0.471. The lowest BCUT2D eigenvalue weighted by molar-refractivity contribution is 0.117. The molecule has 0 saturated carbocycles. The van der Waals surface area contributed by atoms with Crippen LogP contribution in [-0.2, 0) is 35.6 Å². The molecule has 2 amide bonds. The Morgan fingerprint density at radius 3 is 2.31 bits per heavy atom. The zero-order valence-electron chi connectivity index (χ0n) is 20.4. The molecule has 1 aliphatic heterocycles. The molecule has 0 bridgehead atoms. The number of hydrazine groups is 1. The molecule has 2 aromatic rings. The van der Waals surface area contributed by atoms with E-state index in [9.17, 15) is 14.1 Å². The van der Waals surface area contributed by atoms with Crippen LogP contribution < -0.4 is 20.9 Å². The van der Waals surface area contributed by atoms with Crippen LogP contribution in [-0.4, -0.2) is 25.8 Å². The molecule has 0 saturated heterocycles. The second-order valence-corrected chi connectivity index (χ2v) is 12.5. The molecule has 0 aromatic heterocycles. The number of nitrogens with one attached hydrogen (secondary N) is 2. The normalized spacial score (nSPS) is 22.9. The number of amides is 2. The Kier molecular flexibility index (Phi) is 5.79. The first-order chi connectivity index (χ1) is 16.5. The third-order valence-corrected chi connectivity index (χ3v) is 9.02. The fourth-order valence-electron chi connectivity index (χ4n) is 5.34. The number of hydrogen-bond acceptors (Lipinski definition) is 5. The lowest BCUT2D eigenvalue weighted by Crippen LogP contribution is -2.54. The van der Waals surface area contributed by atoms with Crippen LogP contribution in [0.5, 0.6) is 0 Å². The predicted octanol–water partition coefficient (Wildman–Crippen LogP) is 3.93. The van der Waals surface area contributed by atoms with Crippen LogP contribution in [0.25, 0.3) is 0 Å². The van der Waals surface area contributed by atoms with E-state index in [2.05, 4.69) is 21.2 Å². The summed E-state index contributed by atoms with van der Waals surface area (Å²) in [5, 5.41) is 21.7. The topological polar surface area (TPSA) is 120 Å². The summed E-state index contributed by atoms with van der Waals surface area (Å²) in [6.07, 6.45) is 7.59. The minimum Gasteiger partial charge on any atom is -0.384 e. The molecule has 0 fully saturated rings. The van der Waals surface area contributed by atoms with Gasteiger partial charge >= 0.3 is 6.03 Å². The standard InChI is InChI=1S/C26H33N5O3S/c1-25(2,33)22-16-26(3,30-31(22)19-11-5-4-6-12-19)35(27,34)29-24(32)28-23-20-13-7-9-17(20)15-18-10-8-14-21(18)23/h4-6,11-12,15-16,30,33H,7-10,13-14H2,1-3H3,(H3,27,28,29,32,34). The van der Waals surface area contributed by atoms with Gasteiger partial charge in [0.1, 0.15) is 15.5 Å². The molecular weight excluding hydrogens is 462 g/mol. The molecule has 9 heteroatoms. The fourth-order valence-corrected chi connectivity index (χ4v) is 6.32. The number of fused-ring (bicyclic) bond motifs is 2. The first kappa shape index (κ1) is 24.0. The van der Waals surface area contributed by atoms with Crippen LogP contribution in [0.15, 0.2) is 52.5 Å². The molecule has 186 valence electrons. The number of hydrogen-bond donors (Lipinski definition) is 4. The summed E-state index contributed by atoms with van der Waals surface area (Å²) in [5.41, 5.74) is 8.83. The molecule has 5 rings (SSSR count). The van der Waals surface area contributed by atoms with E-state index >= 15 is 0 Å². The van der Waals surface area contributed by atoms with Gasteiger partial charge in [-0.25, -0.2) is 19.6 Å². The van der Waals surface area contributed by atoms with Gasteiger partial charge in [0.25, 0.3) is 0 Å². The highest BCUT2D eigenvalue weighted by Crippen LogP contribution is 2.39. The molecule has 1 heterocycles. The maximum atomic E-state index is 13.8. The van der Waals surface area contributed by atoms with Crippen LogP contribution in [0, 0.1) is 0 Å². The summed E-state index contributed by atoms with van der Waals surface area (Å²) in [7, 11) is -3.62. The van der Waals surface area contributed by atoms with Crippen molar-refractivity contribution < 1.29 is 14.1 Å². The number of para-hydroxylation sites is 1. The molecule has 3 aliphatic rings. The summed E-state index contributed by atoms with van der Waals surface area (Å²) in [6.45, 7) is 4.90. The van der Waals surface area contributed by atoms with Crippen molar-refractivity contribution in [2.24, 2.45) is 9.50 Å². The van der Waals surface area contributed by atoms with Gasteiger partial charge < -0.3 is 10.4 Å². The SMILES string of the molecule is CC(C)(O)C1=CC(C)(S(N)(=O)=NC(=O)Nc2c3c(cc4c2CCC4)CCC3)NN1c1ccccc1. The van der Waals surface area contributed by atoms with Gasteiger partial charge in [-0.1, -0.05) is 24.3 Å². The Morgan fingerprint density at radius 2 is 1.74 bits per heavy atom. The quantitative estimate of drug-likeness (QED) is 0.512. The van der Waals surface area contributed by atoms with E-state index in [0.29, 0.717) is 5.70 Å². The van der Waals surface area contributed by atoms with Gasteiger partial charge in [0.15, 0.2) is 4.87 Å². The van der Waals surface area contributed by atoms with Gasteiger partial charge in [0.2, 0.25) is 0 Å². The second kappa shape index (κ2) is 8.44. The first-order valence-corrected chi connectivity index (χ1v) is 13.7. The molecule has 0 spiro atoms. The van der Waals surface area contributed by atoms with Gasteiger partial charge in [0, 0.05) is 5.69 Å². The van der Waals surface area contributed by atoms with Gasteiger partial charge in [-0.15, -0.1) is 4.36 Å². The Hall–Kier alpha value is -2.72. The zero-order chi connectivity index (χ0) is 25.0. The number of urea groups is 1. The van der Waals surface area contributed by atoms with E-state index in [1.165, 1.54) is 22.3 Å².